The number of fused-ring (bicyclic) bond motifs is 1. The van der Waals surface area contributed by atoms with Crippen LogP contribution in [-0.4, -0.2) is 42.3 Å². The lowest BCUT2D eigenvalue weighted by atomic mass is 10.1. The zero-order valence-corrected chi connectivity index (χ0v) is 16.1. The predicted molar refractivity (Wildman–Crippen MR) is 107 cm³/mol. The van der Waals surface area contributed by atoms with Gasteiger partial charge in [0.1, 0.15) is 5.52 Å². The van der Waals surface area contributed by atoms with E-state index in [2.05, 4.69) is 20.1 Å². The van der Waals surface area contributed by atoms with Crippen LogP contribution >= 0.6 is 0 Å². The molecule has 1 fully saturated rings. The van der Waals surface area contributed by atoms with Crippen LogP contribution in [0.1, 0.15) is 31.0 Å². The molecular formula is C21H22N6O2. The van der Waals surface area contributed by atoms with E-state index in [0.29, 0.717) is 23.8 Å². The molecule has 0 spiro atoms. The van der Waals surface area contributed by atoms with Crippen LogP contribution < -0.4 is 5.56 Å². The van der Waals surface area contributed by atoms with Crippen LogP contribution in [0.25, 0.3) is 16.8 Å². The van der Waals surface area contributed by atoms with E-state index >= 15 is 0 Å². The molecule has 0 amide bonds. The van der Waals surface area contributed by atoms with Crippen LogP contribution in [0, 0.1) is 0 Å². The third-order valence-corrected chi connectivity index (χ3v) is 5.30. The number of benzene rings is 1. The van der Waals surface area contributed by atoms with Gasteiger partial charge in [0.05, 0.1) is 18.8 Å². The molecule has 4 aromatic rings. The first-order valence-corrected chi connectivity index (χ1v) is 9.94. The summed E-state index contributed by atoms with van der Waals surface area (Å²) in [5.41, 5.74) is 2.12. The number of piperidine rings is 1. The first-order valence-electron chi connectivity index (χ1n) is 9.94. The Morgan fingerprint density at radius 1 is 1.00 bits per heavy atom. The predicted octanol–water partition coefficient (Wildman–Crippen LogP) is 2.58. The molecule has 3 aromatic heterocycles. The highest BCUT2D eigenvalue weighted by atomic mass is 16.5. The van der Waals surface area contributed by atoms with Gasteiger partial charge in [-0.25, -0.2) is 4.52 Å². The SMILES string of the molecule is O=c1c2cc(-c3ccccc3)nn2ccn1Cc1noc(CN2CCCCC2)n1. The van der Waals surface area contributed by atoms with E-state index in [9.17, 15) is 4.79 Å². The van der Waals surface area contributed by atoms with Gasteiger partial charge in [0, 0.05) is 18.0 Å². The molecule has 29 heavy (non-hydrogen) atoms. The molecule has 0 aliphatic carbocycles. The van der Waals surface area contributed by atoms with E-state index in [4.69, 9.17) is 4.52 Å². The van der Waals surface area contributed by atoms with Gasteiger partial charge >= 0.3 is 0 Å². The van der Waals surface area contributed by atoms with Crippen molar-refractivity contribution in [1.29, 1.82) is 0 Å². The van der Waals surface area contributed by atoms with E-state index in [0.717, 1.165) is 24.3 Å². The fraction of sp³-hybridized carbons (Fsp3) is 0.333. The molecule has 148 valence electrons. The van der Waals surface area contributed by atoms with Gasteiger partial charge < -0.3 is 9.09 Å². The Bertz CT molecular complexity index is 1170. The van der Waals surface area contributed by atoms with Gasteiger partial charge in [-0.15, -0.1) is 0 Å². The smallest absolute Gasteiger partial charge is 0.277 e. The van der Waals surface area contributed by atoms with Crippen molar-refractivity contribution < 1.29 is 4.52 Å². The number of hydrogen-bond acceptors (Lipinski definition) is 6. The summed E-state index contributed by atoms with van der Waals surface area (Å²) in [5, 5.41) is 8.57. The second-order valence-electron chi connectivity index (χ2n) is 7.40. The molecule has 0 N–H and O–H groups in total. The lowest BCUT2D eigenvalue weighted by Gasteiger charge is -2.24. The Hall–Kier alpha value is -3.26. The Kier molecular flexibility index (Phi) is 4.69. The highest BCUT2D eigenvalue weighted by molar-refractivity contribution is 5.65. The number of rotatable bonds is 5. The zero-order valence-electron chi connectivity index (χ0n) is 16.1. The maximum atomic E-state index is 12.9. The second-order valence-corrected chi connectivity index (χ2v) is 7.40. The molecule has 1 aliphatic rings. The largest absolute Gasteiger partial charge is 0.338 e. The normalized spacial score (nSPS) is 15.2. The molecule has 0 radical (unpaired) electrons. The minimum absolute atomic E-state index is 0.135. The summed E-state index contributed by atoms with van der Waals surface area (Å²) in [4.78, 5) is 19.7. The van der Waals surface area contributed by atoms with Crippen molar-refractivity contribution in [2.45, 2.75) is 32.4 Å². The Balaban J connectivity index is 1.37. The number of hydrogen-bond donors (Lipinski definition) is 0. The number of aromatic nitrogens is 5. The van der Waals surface area contributed by atoms with Gasteiger partial charge in [-0.1, -0.05) is 41.9 Å². The van der Waals surface area contributed by atoms with Gasteiger partial charge in [-0.3, -0.25) is 9.69 Å². The van der Waals surface area contributed by atoms with E-state index in [-0.39, 0.29) is 12.1 Å². The molecule has 4 heterocycles. The number of likely N-dealkylation sites (tertiary alicyclic amines) is 1. The zero-order chi connectivity index (χ0) is 19.6. The Labute approximate surface area is 167 Å². The lowest BCUT2D eigenvalue weighted by molar-refractivity contribution is 0.193. The van der Waals surface area contributed by atoms with E-state index in [1.807, 2.05) is 36.4 Å². The van der Waals surface area contributed by atoms with Crippen LogP contribution in [0.15, 0.2) is 58.1 Å². The van der Waals surface area contributed by atoms with E-state index in [1.54, 1.807) is 21.5 Å². The van der Waals surface area contributed by atoms with E-state index in [1.165, 1.54) is 19.3 Å². The average molecular weight is 390 g/mol. The molecule has 5 rings (SSSR count). The summed E-state index contributed by atoms with van der Waals surface area (Å²) in [6, 6.07) is 11.6. The van der Waals surface area contributed by atoms with Gasteiger partial charge in [0.25, 0.3) is 5.56 Å². The maximum Gasteiger partial charge on any atom is 0.277 e. The van der Waals surface area contributed by atoms with Crippen molar-refractivity contribution in [3.63, 3.8) is 0 Å². The summed E-state index contributed by atoms with van der Waals surface area (Å²) >= 11 is 0. The minimum Gasteiger partial charge on any atom is -0.338 e. The molecular weight excluding hydrogens is 368 g/mol. The fourth-order valence-electron chi connectivity index (χ4n) is 3.78. The van der Waals surface area contributed by atoms with Crippen LogP contribution in [0.2, 0.25) is 0 Å². The monoisotopic (exact) mass is 390 g/mol. The van der Waals surface area contributed by atoms with Crippen molar-refractivity contribution in [3.05, 3.63) is 70.9 Å². The van der Waals surface area contributed by atoms with Crippen molar-refractivity contribution in [2.24, 2.45) is 0 Å². The van der Waals surface area contributed by atoms with Gasteiger partial charge in [-0.05, 0) is 32.0 Å². The highest BCUT2D eigenvalue weighted by Gasteiger charge is 2.16. The Morgan fingerprint density at radius 3 is 2.66 bits per heavy atom. The first kappa shape index (κ1) is 17.8. The molecule has 0 bridgehead atoms. The fourth-order valence-corrected chi connectivity index (χ4v) is 3.78. The Morgan fingerprint density at radius 2 is 1.83 bits per heavy atom. The average Bonchev–Trinajstić information content (AvgIpc) is 3.39. The van der Waals surface area contributed by atoms with Crippen LogP contribution in [0.5, 0.6) is 0 Å². The minimum atomic E-state index is -0.135. The summed E-state index contributed by atoms with van der Waals surface area (Å²) < 4.78 is 8.59. The van der Waals surface area contributed by atoms with Crippen molar-refractivity contribution >= 4 is 5.52 Å². The molecule has 0 saturated carbocycles. The third-order valence-electron chi connectivity index (χ3n) is 5.30. The maximum absolute atomic E-state index is 12.9. The van der Waals surface area contributed by atoms with Gasteiger partial charge in [0.15, 0.2) is 5.82 Å². The molecule has 0 atom stereocenters. The summed E-state index contributed by atoms with van der Waals surface area (Å²) in [6.45, 7) is 3.08. The molecule has 1 saturated heterocycles. The summed E-state index contributed by atoms with van der Waals surface area (Å²) in [5.74, 6) is 1.11. The molecule has 8 heteroatoms. The van der Waals surface area contributed by atoms with Gasteiger partial charge in [-0.2, -0.15) is 10.1 Å². The van der Waals surface area contributed by atoms with Gasteiger partial charge in [0.2, 0.25) is 5.89 Å². The quantitative estimate of drug-likeness (QED) is 0.521. The first-order chi connectivity index (χ1) is 14.3. The van der Waals surface area contributed by atoms with Crippen molar-refractivity contribution in [1.82, 2.24) is 29.2 Å². The van der Waals surface area contributed by atoms with Crippen molar-refractivity contribution in [2.75, 3.05) is 13.1 Å². The topological polar surface area (TPSA) is 81.5 Å². The summed E-state index contributed by atoms with van der Waals surface area (Å²) in [6.07, 6.45) is 7.20. The van der Waals surface area contributed by atoms with Crippen molar-refractivity contribution in [3.8, 4) is 11.3 Å². The number of nitrogens with zero attached hydrogens (tertiary/aromatic N) is 6. The summed E-state index contributed by atoms with van der Waals surface area (Å²) in [7, 11) is 0. The standard InChI is InChI=1S/C21H22N6O2/c28-21-18-13-17(16-7-3-1-4-8-16)23-27(18)12-11-26(21)14-19-22-20(29-24-19)15-25-9-5-2-6-10-25/h1,3-4,7-8,11-13H,2,5-6,9-10,14-15H2. The molecule has 1 aromatic carbocycles. The molecule has 8 nitrogen and oxygen atoms in total. The second kappa shape index (κ2) is 7.63. The van der Waals surface area contributed by atoms with Crippen LogP contribution in [0.4, 0.5) is 0 Å². The van der Waals surface area contributed by atoms with E-state index < -0.39 is 0 Å². The third kappa shape index (κ3) is 3.71. The van der Waals surface area contributed by atoms with Crippen LogP contribution in [-0.2, 0) is 13.1 Å². The molecule has 1 aliphatic heterocycles. The molecule has 0 unspecified atom stereocenters. The highest BCUT2D eigenvalue weighted by Crippen LogP contribution is 2.18. The lowest BCUT2D eigenvalue weighted by Crippen LogP contribution is -2.29. The van der Waals surface area contributed by atoms with Crippen LogP contribution in [0.3, 0.4) is 0 Å².